The van der Waals surface area contributed by atoms with Gasteiger partial charge in [0.2, 0.25) is 11.8 Å². The molecule has 2 aromatic rings. The molecule has 26 heavy (non-hydrogen) atoms. The van der Waals surface area contributed by atoms with Gasteiger partial charge in [-0.25, -0.2) is 9.37 Å². The van der Waals surface area contributed by atoms with Gasteiger partial charge in [-0.2, -0.15) is 0 Å². The quantitative estimate of drug-likeness (QED) is 0.802. The number of piperidine rings is 1. The van der Waals surface area contributed by atoms with Crippen LogP contribution in [0.3, 0.4) is 0 Å². The molecule has 1 aliphatic rings. The molecule has 3 rings (SSSR count). The number of amides is 1. The number of rotatable bonds is 5. The summed E-state index contributed by atoms with van der Waals surface area (Å²) in [5.74, 6) is 0.661. The fraction of sp³-hybridized carbons (Fsp3) is 0.333. The number of benzene rings is 1. The molecule has 1 aliphatic heterocycles. The number of halogens is 3. The highest BCUT2D eigenvalue weighted by atomic mass is 35.5. The first-order valence-electron chi connectivity index (χ1n) is 8.10. The molecule has 0 bridgehead atoms. The first-order chi connectivity index (χ1) is 11.7. The summed E-state index contributed by atoms with van der Waals surface area (Å²) in [6.45, 7) is 1.33. The number of carbonyl (C=O) groups is 1. The van der Waals surface area contributed by atoms with Gasteiger partial charge in [0, 0.05) is 18.8 Å². The lowest BCUT2D eigenvalue weighted by Gasteiger charge is -2.22. The van der Waals surface area contributed by atoms with Crippen molar-refractivity contribution in [1.82, 2.24) is 15.6 Å². The molecule has 8 heteroatoms. The van der Waals surface area contributed by atoms with E-state index in [1.165, 1.54) is 12.1 Å². The van der Waals surface area contributed by atoms with Crippen LogP contribution < -0.4 is 15.4 Å². The van der Waals surface area contributed by atoms with Crippen LogP contribution in [0.4, 0.5) is 4.39 Å². The SMILES string of the molecule is Cl.Cl.O=C(NCc1ccc(Oc2ccc(F)cc2)nc1)[C@H]1CCCCN1. The maximum atomic E-state index is 12.9. The Morgan fingerprint density at radius 1 is 1.19 bits per heavy atom. The maximum Gasteiger partial charge on any atom is 0.237 e. The number of aromatic nitrogens is 1. The van der Waals surface area contributed by atoms with Crippen molar-refractivity contribution in [3.8, 4) is 11.6 Å². The third kappa shape index (κ3) is 6.44. The van der Waals surface area contributed by atoms with Gasteiger partial charge in [-0.05, 0) is 49.2 Å². The molecule has 0 unspecified atom stereocenters. The zero-order chi connectivity index (χ0) is 16.8. The molecule has 1 saturated heterocycles. The minimum atomic E-state index is -0.311. The van der Waals surface area contributed by atoms with E-state index in [-0.39, 0.29) is 42.6 Å². The molecule has 0 aliphatic carbocycles. The number of carbonyl (C=O) groups excluding carboxylic acids is 1. The largest absolute Gasteiger partial charge is 0.439 e. The van der Waals surface area contributed by atoms with Gasteiger partial charge < -0.3 is 15.4 Å². The second-order valence-corrected chi connectivity index (χ2v) is 5.78. The van der Waals surface area contributed by atoms with Crippen molar-refractivity contribution < 1.29 is 13.9 Å². The number of hydrogen-bond donors (Lipinski definition) is 2. The van der Waals surface area contributed by atoms with Gasteiger partial charge in [0.15, 0.2) is 0 Å². The van der Waals surface area contributed by atoms with Crippen LogP contribution >= 0.6 is 24.8 Å². The third-order valence-electron chi connectivity index (χ3n) is 3.93. The van der Waals surface area contributed by atoms with Crippen LogP contribution in [0.5, 0.6) is 11.6 Å². The average molecular weight is 402 g/mol. The van der Waals surface area contributed by atoms with E-state index in [0.717, 1.165) is 31.4 Å². The monoisotopic (exact) mass is 401 g/mol. The lowest BCUT2D eigenvalue weighted by Crippen LogP contribution is -2.46. The molecular weight excluding hydrogens is 380 g/mol. The molecule has 5 nitrogen and oxygen atoms in total. The number of pyridine rings is 1. The van der Waals surface area contributed by atoms with Crippen molar-refractivity contribution in [3.05, 3.63) is 54.0 Å². The van der Waals surface area contributed by atoms with E-state index in [2.05, 4.69) is 15.6 Å². The Labute approximate surface area is 164 Å². The summed E-state index contributed by atoms with van der Waals surface area (Å²) in [6, 6.07) is 9.24. The molecular formula is C18H22Cl2FN3O2. The fourth-order valence-electron chi connectivity index (χ4n) is 2.59. The van der Waals surface area contributed by atoms with Crippen LogP contribution in [0.2, 0.25) is 0 Å². The molecule has 1 atom stereocenters. The van der Waals surface area contributed by atoms with Crippen molar-refractivity contribution in [2.24, 2.45) is 0 Å². The number of ether oxygens (including phenoxy) is 1. The fourth-order valence-corrected chi connectivity index (χ4v) is 2.59. The second kappa shape index (κ2) is 11.0. The van der Waals surface area contributed by atoms with Gasteiger partial charge in [-0.3, -0.25) is 4.79 Å². The van der Waals surface area contributed by atoms with Crippen LogP contribution in [0.25, 0.3) is 0 Å². The first-order valence-corrected chi connectivity index (χ1v) is 8.10. The smallest absolute Gasteiger partial charge is 0.237 e. The Morgan fingerprint density at radius 2 is 1.96 bits per heavy atom. The van der Waals surface area contributed by atoms with Crippen molar-refractivity contribution in [3.63, 3.8) is 0 Å². The summed E-state index contributed by atoms with van der Waals surface area (Å²) >= 11 is 0. The predicted octanol–water partition coefficient (Wildman–Crippen LogP) is 3.61. The number of nitrogens with zero attached hydrogens (tertiary/aromatic N) is 1. The van der Waals surface area contributed by atoms with Crippen molar-refractivity contribution in [1.29, 1.82) is 0 Å². The van der Waals surface area contributed by atoms with Crippen molar-refractivity contribution >= 4 is 30.7 Å². The zero-order valence-corrected chi connectivity index (χ0v) is 15.7. The Hall–Kier alpha value is -1.89. The van der Waals surface area contributed by atoms with E-state index in [0.29, 0.717) is 18.2 Å². The van der Waals surface area contributed by atoms with Crippen molar-refractivity contribution in [2.45, 2.75) is 31.8 Å². The molecule has 0 saturated carbocycles. The normalized spacial score (nSPS) is 16.0. The molecule has 0 radical (unpaired) electrons. The number of hydrogen-bond acceptors (Lipinski definition) is 4. The lowest BCUT2D eigenvalue weighted by atomic mass is 10.0. The summed E-state index contributed by atoms with van der Waals surface area (Å²) in [5, 5.41) is 6.14. The summed E-state index contributed by atoms with van der Waals surface area (Å²) in [5.41, 5.74) is 0.894. The molecule has 1 amide bonds. The van der Waals surface area contributed by atoms with E-state index < -0.39 is 0 Å². The first kappa shape index (κ1) is 22.2. The maximum absolute atomic E-state index is 12.9. The van der Waals surface area contributed by atoms with E-state index in [1.54, 1.807) is 24.4 Å². The van der Waals surface area contributed by atoms with Gasteiger partial charge in [0.25, 0.3) is 0 Å². The molecule has 1 aromatic carbocycles. The summed E-state index contributed by atoms with van der Waals surface area (Å²) in [4.78, 5) is 16.3. The summed E-state index contributed by atoms with van der Waals surface area (Å²) in [7, 11) is 0. The zero-order valence-electron chi connectivity index (χ0n) is 14.1. The minimum absolute atomic E-state index is 0. The van der Waals surface area contributed by atoms with Gasteiger partial charge in [0.05, 0.1) is 6.04 Å². The highest BCUT2D eigenvalue weighted by molar-refractivity contribution is 5.85. The van der Waals surface area contributed by atoms with Crippen molar-refractivity contribution in [2.75, 3.05) is 6.54 Å². The molecule has 142 valence electrons. The van der Waals surface area contributed by atoms with Gasteiger partial charge in [-0.15, -0.1) is 24.8 Å². The molecule has 0 spiro atoms. The van der Waals surface area contributed by atoms with Gasteiger partial charge >= 0.3 is 0 Å². The van der Waals surface area contributed by atoms with Crippen LogP contribution in [0.1, 0.15) is 24.8 Å². The predicted molar refractivity (Wildman–Crippen MR) is 103 cm³/mol. The number of nitrogens with one attached hydrogen (secondary N) is 2. The van der Waals surface area contributed by atoms with E-state index >= 15 is 0 Å². The molecule has 1 aromatic heterocycles. The molecule has 2 heterocycles. The summed E-state index contributed by atoms with van der Waals surface area (Å²) in [6.07, 6.45) is 4.76. The van der Waals surface area contributed by atoms with Gasteiger partial charge in [0.1, 0.15) is 11.6 Å². The summed E-state index contributed by atoms with van der Waals surface area (Å²) < 4.78 is 18.4. The molecule has 1 fully saturated rings. The Morgan fingerprint density at radius 3 is 2.58 bits per heavy atom. The van der Waals surface area contributed by atoms with E-state index in [1.807, 2.05) is 6.07 Å². The minimum Gasteiger partial charge on any atom is -0.439 e. The lowest BCUT2D eigenvalue weighted by molar-refractivity contribution is -0.123. The molecule has 2 N–H and O–H groups in total. The topological polar surface area (TPSA) is 63.2 Å². The highest BCUT2D eigenvalue weighted by Gasteiger charge is 2.19. The van der Waals surface area contributed by atoms with Crippen LogP contribution in [-0.2, 0) is 11.3 Å². The Bertz CT molecular complexity index is 678. The average Bonchev–Trinajstić information content (AvgIpc) is 2.63. The van der Waals surface area contributed by atoms with E-state index in [4.69, 9.17) is 4.74 Å². The van der Waals surface area contributed by atoms with Crippen LogP contribution in [0.15, 0.2) is 42.6 Å². The Balaban J connectivity index is 0.00000169. The Kier molecular flexibility index (Phi) is 9.34. The van der Waals surface area contributed by atoms with Crippen LogP contribution in [0, 0.1) is 5.82 Å². The standard InChI is InChI=1S/C18H20FN3O2.2ClH/c19-14-5-7-15(8-6-14)24-17-9-4-13(11-21-17)12-22-18(23)16-3-1-2-10-20-16;;/h4-9,11,16,20H,1-3,10,12H2,(H,22,23);2*1H/t16-;;/m1../s1. The van der Waals surface area contributed by atoms with Crippen LogP contribution in [-0.4, -0.2) is 23.5 Å². The second-order valence-electron chi connectivity index (χ2n) is 5.78. The van der Waals surface area contributed by atoms with E-state index in [9.17, 15) is 9.18 Å². The highest BCUT2D eigenvalue weighted by Crippen LogP contribution is 2.19. The third-order valence-corrected chi connectivity index (χ3v) is 3.93. The van der Waals surface area contributed by atoms with Gasteiger partial charge in [-0.1, -0.05) is 12.5 Å².